The van der Waals surface area contributed by atoms with Gasteiger partial charge in [0, 0.05) is 6.54 Å². The Morgan fingerprint density at radius 3 is 2.89 bits per heavy atom. The van der Waals surface area contributed by atoms with Gasteiger partial charge in [-0.05, 0) is 24.5 Å². The number of nitrogen functional groups attached to an aromatic ring is 1. The van der Waals surface area contributed by atoms with Crippen LogP contribution in [-0.4, -0.2) is 17.4 Å². The number of pyridine rings is 1. The number of hydrogen-bond acceptors (Lipinski definition) is 4. The number of carbonyl (C=O) groups excluding carboxylic acids is 1. The fourth-order valence-electron chi connectivity index (χ4n) is 1.94. The zero-order valence-electron chi connectivity index (χ0n) is 10.1. The number of nitrogens with two attached hydrogens (primary N) is 1. The molecule has 1 saturated carbocycles. The summed E-state index contributed by atoms with van der Waals surface area (Å²) in [6.07, 6.45) is 4.90. The lowest BCUT2D eigenvalue weighted by atomic mass is 9.83. The van der Waals surface area contributed by atoms with E-state index in [2.05, 4.69) is 15.7 Å². The molecule has 1 amide bonds. The van der Waals surface area contributed by atoms with Crippen molar-refractivity contribution < 1.29 is 4.79 Å². The molecule has 0 saturated heterocycles. The van der Waals surface area contributed by atoms with Gasteiger partial charge in [-0.1, -0.05) is 30.9 Å². The Labute approximate surface area is 111 Å². The van der Waals surface area contributed by atoms with Crippen LogP contribution in [0, 0.1) is 5.92 Å². The first-order chi connectivity index (χ1) is 8.70. The molecule has 1 aliphatic carbocycles. The van der Waals surface area contributed by atoms with Gasteiger partial charge in [-0.15, -0.1) is 0 Å². The van der Waals surface area contributed by atoms with E-state index in [-0.39, 0.29) is 11.6 Å². The minimum Gasteiger partial charge on any atom is -0.351 e. The number of nitrogens with one attached hydrogen (secondary N) is 2. The molecule has 4 N–H and O–H groups in total. The highest BCUT2D eigenvalue weighted by Gasteiger charge is 2.18. The second kappa shape index (κ2) is 6.02. The second-order valence-electron chi connectivity index (χ2n) is 4.51. The number of aromatic nitrogens is 1. The summed E-state index contributed by atoms with van der Waals surface area (Å²) in [4.78, 5) is 15.9. The fourth-order valence-corrected chi connectivity index (χ4v) is 2.13. The van der Waals surface area contributed by atoms with Gasteiger partial charge in [-0.25, -0.2) is 10.8 Å². The van der Waals surface area contributed by atoms with Crippen molar-refractivity contribution in [3.8, 4) is 0 Å². The molecule has 1 fully saturated rings. The molecule has 0 aromatic carbocycles. The lowest BCUT2D eigenvalue weighted by Crippen LogP contribution is -2.28. The molecule has 0 radical (unpaired) electrons. The van der Waals surface area contributed by atoms with Crippen LogP contribution in [-0.2, 0) is 0 Å². The van der Waals surface area contributed by atoms with E-state index in [0.29, 0.717) is 17.4 Å². The minimum absolute atomic E-state index is 0.209. The van der Waals surface area contributed by atoms with Gasteiger partial charge >= 0.3 is 0 Å². The van der Waals surface area contributed by atoms with Gasteiger partial charge in [-0.3, -0.25) is 4.79 Å². The zero-order valence-corrected chi connectivity index (χ0v) is 10.8. The van der Waals surface area contributed by atoms with Crippen LogP contribution in [0.1, 0.15) is 36.2 Å². The average Bonchev–Trinajstić information content (AvgIpc) is 2.32. The van der Waals surface area contributed by atoms with Crippen LogP contribution in [0.15, 0.2) is 12.1 Å². The molecule has 1 aromatic heterocycles. The lowest BCUT2D eigenvalue weighted by Gasteiger charge is -2.25. The van der Waals surface area contributed by atoms with Crippen LogP contribution in [0.5, 0.6) is 0 Å². The first kappa shape index (κ1) is 13.1. The van der Waals surface area contributed by atoms with Crippen molar-refractivity contribution in [3.05, 3.63) is 22.8 Å². The Balaban J connectivity index is 1.90. The van der Waals surface area contributed by atoms with E-state index in [1.165, 1.54) is 19.3 Å². The average molecular weight is 269 g/mol. The summed E-state index contributed by atoms with van der Waals surface area (Å²) < 4.78 is 0. The van der Waals surface area contributed by atoms with E-state index in [4.69, 9.17) is 17.4 Å². The number of hydrogen-bond donors (Lipinski definition) is 3. The molecule has 1 heterocycles. The third-order valence-corrected chi connectivity index (χ3v) is 3.58. The third kappa shape index (κ3) is 3.11. The summed E-state index contributed by atoms with van der Waals surface area (Å²) in [7, 11) is 0. The predicted molar refractivity (Wildman–Crippen MR) is 71.3 cm³/mol. The molecule has 1 aromatic rings. The lowest BCUT2D eigenvalue weighted by molar-refractivity contribution is 0.0944. The molecule has 0 atom stereocenters. The van der Waals surface area contributed by atoms with E-state index >= 15 is 0 Å². The van der Waals surface area contributed by atoms with Crippen LogP contribution < -0.4 is 16.6 Å². The minimum atomic E-state index is -0.253. The number of carbonyl (C=O) groups is 1. The highest BCUT2D eigenvalue weighted by Crippen LogP contribution is 2.28. The highest BCUT2D eigenvalue weighted by atomic mass is 35.5. The summed E-state index contributed by atoms with van der Waals surface area (Å²) in [6.45, 7) is 0.668. The molecule has 18 heavy (non-hydrogen) atoms. The molecule has 2 rings (SSSR count). The summed E-state index contributed by atoms with van der Waals surface area (Å²) in [5.74, 6) is 6.18. The van der Waals surface area contributed by atoms with Crippen molar-refractivity contribution in [2.45, 2.75) is 25.7 Å². The number of amides is 1. The van der Waals surface area contributed by atoms with Crippen molar-refractivity contribution in [2.75, 3.05) is 12.0 Å². The Morgan fingerprint density at radius 2 is 2.28 bits per heavy atom. The van der Waals surface area contributed by atoms with Crippen molar-refractivity contribution in [3.63, 3.8) is 0 Å². The van der Waals surface area contributed by atoms with Gasteiger partial charge in [0.05, 0.1) is 5.02 Å². The maximum absolute atomic E-state index is 11.9. The molecule has 98 valence electrons. The number of hydrazine groups is 1. The number of nitrogens with zero attached hydrogens (tertiary/aromatic N) is 1. The van der Waals surface area contributed by atoms with Crippen LogP contribution in [0.2, 0.25) is 5.02 Å². The molecule has 0 aliphatic heterocycles. The largest absolute Gasteiger partial charge is 0.351 e. The summed E-state index contributed by atoms with van der Waals surface area (Å²) >= 11 is 5.94. The quantitative estimate of drug-likeness (QED) is 0.563. The van der Waals surface area contributed by atoms with E-state index in [9.17, 15) is 4.79 Å². The normalized spacial score (nSPS) is 15.0. The summed E-state index contributed by atoms with van der Waals surface area (Å²) in [6, 6.07) is 3.22. The first-order valence-corrected chi connectivity index (χ1v) is 6.50. The summed E-state index contributed by atoms with van der Waals surface area (Å²) in [5, 5.41) is 3.16. The summed E-state index contributed by atoms with van der Waals surface area (Å²) in [5.41, 5.74) is 2.60. The van der Waals surface area contributed by atoms with E-state index < -0.39 is 0 Å². The van der Waals surface area contributed by atoms with Crippen molar-refractivity contribution >= 4 is 23.3 Å². The van der Waals surface area contributed by atoms with Crippen LogP contribution in [0.3, 0.4) is 0 Å². The Bertz CT molecular complexity index is 434. The van der Waals surface area contributed by atoms with Gasteiger partial charge in [0.2, 0.25) is 0 Å². The maximum Gasteiger partial charge on any atom is 0.271 e. The molecular weight excluding hydrogens is 252 g/mol. The Kier molecular flexibility index (Phi) is 4.38. The molecule has 0 unspecified atom stereocenters. The molecule has 1 aliphatic rings. The van der Waals surface area contributed by atoms with E-state index in [1.807, 2.05) is 0 Å². The third-order valence-electron chi connectivity index (χ3n) is 3.27. The Hall–Kier alpha value is -1.33. The highest BCUT2D eigenvalue weighted by molar-refractivity contribution is 6.33. The molecule has 0 bridgehead atoms. The SMILES string of the molecule is NNc1ccc(Cl)c(C(=O)NCCC2CCC2)n1. The number of rotatable bonds is 5. The number of halogens is 1. The monoisotopic (exact) mass is 268 g/mol. The smallest absolute Gasteiger partial charge is 0.271 e. The van der Waals surface area contributed by atoms with Gasteiger partial charge < -0.3 is 10.7 Å². The van der Waals surface area contributed by atoms with Crippen LogP contribution >= 0.6 is 11.6 Å². The van der Waals surface area contributed by atoms with Crippen molar-refractivity contribution in [1.29, 1.82) is 0 Å². The van der Waals surface area contributed by atoms with Crippen LogP contribution in [0.4, 0.5) is 5.82 Å². The van der Waals surface area contributed by atoms with Crippen molar-refractivity contribution in [2.24, 2.45) is 11.8 Å². The molecule has 5 nitrogen and oxygen atoms in total. The molecular formula is C12H17ClN4O. The van der Waals surface area contributed by atoms with Gasteiger partial charge in [0.25, 0.3) is 5.91 Å². The predicted octanol–water partition coefficient (Wildman–Crippen LogP) is 1.94. The number of anilines is 1. The maximum atomic E-state index is 11.9. The molecule has 0 spiro atoms. The van der Waals surface area contributed by atoms with E-state index in [0.717, 1.165) is 12.3 Å². The standard InChI is InChI=1S/C12H17ClN4O/c13-9-4-5-10(17-14)16-11(9)12(18)15-7-6-8-2-1-3-8/h4-5,8H,1-3,6-7,14H2,(H,15,18)(H,16,17). The molecule has 6 heteroatoms. The second-order valence-corrected chi connectivity index (χ2v) is 4.92. The van der Waals surface area contributed by atoms with Crippen molar-refractivity contribution in [1.82, 2.24) is 10.3 Å². The topological polar surface area (TPSA) is 80.0 Å². The van der Waals surface area contributed by atoms with Crippen LogP contribution in [0.25, 0.3) is 0 Å². The van der Waals surface area contributed by atoms with E-state index in [1.54, 1.807) is 12.1 Å². The van der Waals surface area contributed by atoms with Gasteiger partial charge in [0.1, 0.15) is 11.5 Å². The fraction of sp³-hybridized carbons (Fsp3) is 0.500. The van der Waals surface area contributed by atoms with Gasteiger partial charge in [-0.2, -0.15) is 0 Å². The first-order valence-electron chi connectivity index (χ1n) is 6.12. The van der Waals surface area contributed by atoms with Gasteiger partial charge in [0.15, 0.2) is 0 Å². The Morgan fingerprint density at radius 1 is 1.50 bits per heavy atom. The zero-order chi connectivity index (χ0) is 13.0.